The Kier molecular flexibility index (Phi) is 5.38. The lowest BCUT2D eigenvalue weighted by atomic mass is 10.1. The summed E-state index contributed by atoms with van der Waals surface area (Å²) in [6.45, 7) is 2.24. The number of hydrogen-bond donors (Lipinski definition) is 0. The van der Waals surface area contributed by atoms with Crippen molar-refractivity contribution in [3.63, 3.8) is 0 Å². The number of hydrogen-bond acceptors (Lipinski definition) is 4. The normalized spacial score (nSPS) is 12.9. The predicted molar refractivity (Wildman–Crippen MR) is 99.3 cm³/mol. The van der Waals surface area contributed by atoms with Crippen LogP contribution in [0.1, 0.15) is 40.5 Å². The number of ketones is 2. The number of ether oxygens (including phenoxy) is 1. The quantitative estimate of drug-likeness (QED) is 0.747. The molecule has 0 unspecified atom stereocenters. The second-order valence-electron chi connectivity index (χ2n) is 6.06. The Morgan fingerprint density at radius 1 is 1.04 bits per heavy atom. The Morgan fingerprint density at radius 3 is 2.42 bits per heavy atom. The Balaban J connectivity index is 1.71. The van der Waals surface area contributed by atoms with Crippen molar-refractivity contribution in [3.8, 4) is 5.75 Å². The van der Waals surface area contributed by atoms with E-state index in [2.05, 4.69) is 0 Å². The Bertz CT molecular complexity index is 861. The summed E-state index contributed by atoms with van der Waals surface area (Å²) in [7, 11) is 0. The molecular formula is C20H18ClNO4. The molecule has 0 aliphatic carbocycles. The van der Waals surface area contributed by atoms with E-state index in [-0.39, 0.29) is 30.3 Å². The van der Waals surface area contributed by atoms with Crippen molar-refractivity contribution in [2.75, 3.05) is 18.1 Å². The number of nitrogens with zero attached hydrogens (tertiary/aromatic N) is 1. The maximum atomic E-state index is 12.6. The molecule has 0 saturated heterocycles. The van der Waals surface area contributed by atoms with Gasteiger partial charge in [0.05, 0.1) is 12.2 Å². The summed E-state index contributed by atoms with van der Waals surface area (Å²) in [5.41, 5.74) is 1.63. The van der Waals surface area contributed by atoms with Crippen LogP contribution in [0.2, 0.25) is 5.02 Å². The molecule has 0 aromatic heterocycles. The van der Waals surface area contributed by atoms with Crippen LogP contribution >= 0.6 is 11.6 Å². The van der Waals surface area contributed by atoms with E-state index in [1.807, 2.05) is 0 Å². The van der Waals surface area contributed by atoms with Crippen molar-refractivity contribution in [2.24, 2.45) is 0 Å². The van der Waals surface area contributed by atoms with E-state index in [9.17, 15) is 14.4 Å². The van der Waals surface area contributed by atoms with Crippen LogP contribution in [-0.4, -0.2) is 30.6 Å². The lowest BCUT2D eigenvalue weighted by Crippen LogP contribution is -2.38. The van der Waals surface area contributed by atoms with Gasteiger partial charge in [0.1, 0.15) is 12.4 Å². The summed E-state index contributed by atoms with van der Waals surface area (Å²) in [4.78, 5) is 38.1. The topological polar surface area (TPSA) is 63.7 Å². The van der Waals surface area contributed by atoms with Crippen molar-refractivity contribution in [1.29, 1.82) is 0 Å². The molecule has 0 fully saturated rings. The fourth-order valence-corrected chi connectivity index (χ4v) is 2.96. The molecular weight excluding hydrogens is 354 g/mol. The molecule has 0 bridgehead atoms. The van der Waals surface area contributed by atoms with E-state index >= 15 is 0 Å². The molecule has 5 nitrogen and oxygen atoms in total. The van der Waals surface area contributed by atoms with E-state index in [0.29, 0.717) is 40.7 Å². The van der Waals surface area contributed by atoms with Crippen molar-refractivity contribution in [1.82, 2.24) is 0 Å². The molecule has 1 amide bonds. The molecule has 0 N–H and O–H groups in total. The van der Waals surface area contributed by atoms with Crippen LogP contribution in [0, 0.1) is 0 Å². The van der Waals surface area contributed by atoms with Gasteiger partial charge in [-0.1, -0.05) is 11.6 Å². The number of carbonyl (C=O) groups excluding carboxylic acids is 3. The van der Waals surface area contributed by atoms with Crippen LogP contribution in [0.3, 0.4) is 0 Å². The fourth-order valence-electron chi connectivity index (χ4n) is 2.83. The molecule has 0 atom stereocenters. The van der Waals surface area contributed by atoms with Crippen molar-refractivity contribution in [2.45, 2.75) is 19.8 Å². The largest absolute Gasteiger partial charge is 0.490 e. The fraction of sp³-hybridized carbons (Fsp3) is 0.250. The second-order valence-corrected chi connectivity index (χ2v) is 6.50. The highest BCUT2D eigenvalue weighted by Gasteiger charge is 2.25. The van der Waals surface area contributed by atoms with Crippen molar-refractivity contribution < 1.29 is 19.1 Å². The summed E-state index contributed by atoms with van der Waals surface area (Å²) in [5, 5.41) is 0.559. The first-order chi connectivity index (χ1) is 12.5. The number of anilines is 1. The molecule has 1 aliphatic heterocycles. The number of amides is 1. The zero-order valence-electron chi connectivity index (χ0n) is 14.3. The maximum absolute atomic E-state index is 12.6. The second kappa shape index (κ2) is 7.70. The minimum absolute atomic E-state index is 0.0799. The van der Waals surface area contributed by atoms with Crippen LogP contribution in [0.25, 0.3) is 0 Å². The highest BCUT2D eigenvalue weighted by molar-refractivity contribution is 6.30. The van der Waals surface area contributed by atoms with Crippen LogP contribution in [0.5, 0.6) is 5.75 Å². The lowest BCUT2D eigenvalue weighted by Gasteiger charge is -2.30. The average molecular weight is 372 g/mol. The van der Waals surface area contributed by atoms with Gasteiger partial charge < -0.3 is 9.64 Å². The van der Waals surface area contributed by atoms with Crippen LogP contribution in [-0.2, 0) is 4.79 Å². The number of carbonyl (C=O) groups is 3. The minimum Gasteiger partial charge on any atom is -0.490 e. The van der Waals surface area contributed by atoms with Crippen molar-refractivity contribution >= 4 is 34.8 Å². The third-order valence-electron chi connectivity index (χ3n) is 4.26. The van der Waals surface area contributed by atoms with Gasteiger partial charge in [-0.2, -0.15) is 0 Å². The number of benzene rings is 2. The SMILES string of the molecule is CC(=O)c1ccc2c(c1)N(C(=O)CCC(=O)c1ccc(Cl)cc1)CCO2. The molecule has 1 aliphatic rings. The standard InChI is InChI=1S/C20H18ClNO4/c1-13(23)15-4-8-19-17(12-15)22(10-11-26-19)20(25)9-7-18(24)14-2-5-16(21)6-3-14/h2-6,8,12H,7,9-11H2,1H3. The van der Waals surface area contributed by atoms with E-state index in [1.54, 1.807) is 47.4 Å². The highest BCUT2D eigenvalue weighted by Crippen LogP contribution is 2.33. The van der Waals surface area contributed by atoms with Crippen LogP contribution in [0.4, 0.5) is 5.69 Å². The van der Waals surface area contributed by atoms with Gasteiger partial charge in [0.15, 0.2) is 11.6 Å². The zero-order valence-corrected chi connectivity index (χ0v) is 15.1. The minimum atomic E-state index is -0.169. The van der Waals surface area contributed by atoms with E-state index in [0.717, 1.165) is 0 Å². The van der Waals surface area contributed by atoms with Gasteiger partial charge in [0.2, 0.25) is 5.91 Å². The van der Waals surface area contributed by atoms with Crippen LogP contribution < -0.4 is 9.64 Å². The third-order valence-corrected chi connectivity index (χ3v) is 4.51. The summed E-state index contributed by atoms with van der Waals surface area (Å²) < 4.78 is 5.56. The van der Waals surface area contributed by atoms with Gasteiger partial charge in [-0.15, -0.1) is 0 Å². The van der Waals surface area contributed by atoms with E-state index < -0.39 is 0 Å². The maximum Gasteiger partial charge on any atom is 0.227 e. The van der Waals surface area contributed by atoms with Gasteiger partial charge in [0, 0.05) is 29.0 Å². The number of rotatable bonds is 5. The summed E-state index contributed by atoms with van der Waals surface area (Å²) in [5.74, 6) is 0.209. The van der Waals surface area contributed by atoms with Gasteiger partial charge in [-0.3, -0.25) is 14.4 Å². The number of fused-ring (bicyclic) bond motifs is 1. The summed E-state index contributed by atoms with van der Waals surface area (Å²) in [6, 6.07) is 11.6. The molecule has 134 valence electrons. The Labute approximate surface area is 156 Å². The molecule has 3 rings (SSSR count). The summed E-state index contributed by atoms with van der Waals surface area (Å²) in [6.07, 6.45) is 0.199. The molecule has 0 spiro atoms. The monoisotopic (exact) mass is 371 g/mol. The zero-order chi connectivity index (χ0) is 18.7. The van der Waals surface area contributed by atoms with Gasteiger partial charge in [-0.25, -0.2) is 0 Å². The van der Waals surface area contributed by atoms with Gasteiger partial charge in [-0.05, 0) is 49.4 Å². The highest BCUT2D eigenvalue weighted by atomic mass is 35.5. The molecule has 0 radical (unpaired) electrons. The smallest absolute Gasteiger partial charge is 0.227 e. The first-order valence-corrected chi connectivity index (χ1v) is 8.70. The van der Waals surface area contributed by atoms with Crippen molar-refractivity contribution in [3.05, 3.63) is 58.6 Å². The first kappa shape index (κ1) is 18.1. The molecule has 1 heterocycles. The molecule has 2 aromatic carbocycles. The Hall–Kier alpha value is -2.66. The summed E-state index contributed by atoms with van der Waals surface area (Å²) >= 11 is 5.82. The number of Topliss-reactive ketones (excluding diaryl/α,β-unsaturated/α-hetero) is 2. The van der Waals surface area contributed by atoms with Gasteiger partial charge in [0.25, 0.3) is 0 Å². The molecule has 26 heavy (non-hydrogen) atoms. The predicted octanol–water partition coefficient (Wildman–Crippen LogP) is 3.93. The van der Waals surface area contributed by atoms with Crippen LogP contribution in [0.15, 0.2) is 42.5 Å². The molecule has 2 aromatic rings. The van der Waals surface area contributed by atoms with Gasteiger partial charge >= 0.3 is 0 Å². The average Bonchev–Trinajstić information content (AvgIpc) is 2.65. The Morgan fingerprint density at radius 2 is 1.73 bits per heavy atom. The first-order valence-electron chi connectivity index (χ1n) is 8.32. The van der Waals surface area contributed by atoms with E-state index in [1.165, 1.54) is 6.92 Å². The molecule has 6 heteroatoms. The number of halogens is 1. The third kappa shape index (κ3) is 3.94. The van der Waals surface area contributed by atoms with E-state index in [4.69, 9.17) is 16.3 Å². The lowest BCUT2D eigenvalue weighted by molar-refractivity contribution is -0.118. The molecule has 0 saturated carbocycles.